The number of pyridine rings is 1. The summed E-state index contributed by atoms with van der Waals surface area (Å²) < 4.78 is 25.7. The molecule has 2 aromatic heterocycles. The van der Waals surface area contributed by atoms with Crippen LogP contribution in [0.2, 0.25) is 5.02 Å². The van der Waals surface area contributed by atoms with Crippen LogP contribution in [0, 0.1) is 17.1 Å². The standard InChI is InChI=1S/C19H16ClFN6O2/c20-16-14(28-8-6-22)3-1-12(17(16)21)26-19-18-13(24-10-25-19)2-4-15(27-18)29-11-5-7-23-9-11/h1-4,10-11,23H,5,7-9H2,(H,24,25,26)/t11-/m0/s1. The first kappa shape index (κ1) is 19.1. The number of nitriles is 1. The fourth-order valence-electron chi connectivity index (χ4n) is 2.96. The van der Waals surface area contributed by atoms with Crippen molar-refractivity contribution in [1.29, 1.82) is 5.26 Å². The van der Waals surface area contributed by atoms with Crippen LogP contribution >= 0.6 is 11.6 Å². The molecule has 4 rings (SSSR count). The highest BCUT2D eigenvalue weighted by atomic mass is 35.5. The molecule has 3 aromatic rings. The average Bonchev–Trinajstić information content (AvgIpc) is 3.24. The van der Waals surface area contributed by atoms with Gasteiger partial charge in [-0.05, 0) is 31.2 Å². The lowest BCUT2D eigenvalue weighted by molar-refractivity contribution is 0.215. The molecule has 0 aliphatic carbocycles. The Labute approximate surface area is 170 Å². The molecule has 10 heteroatoms. The van der Waals surface area contributed by atoms with E-state index in [1.807, 2.05) is 6.07 Å². The van der Waals surface area contributed by atoms with Gasteiger partial charge in [0, 0.05) is 12.6 Å². The Kier molecular flexibility index (Phi) is 5.55. The zero-order chi connectivity index (χ0) is 20.2. The van der Waals surface area contributed by atoms with Crippen molar-refractivity contribution in [3.05, 3.63) is 41.4 Å². The van der Waals surface area contributed by atoms with Crippen LogP contribution in [0.3, 0.4) is 0 Å². The number of aromatic nitrogens is 3. The molecule has 0 bridgehead atoms. The van der Waals surface area contributed by atoms with Crippen molar-refractivity contribution >= 4 is 34.1 Å². The summed E-state index contributed by atoms with van der Waals surface area (Å²) in [5, 5.41) is 14.5. The lowest BCUT2D eigenvalue weighted by Crippen LogP contribution is -2.20. The molecule has 1 fully saturated rings. The fourth-order valence-corrected chi connectivity index (χ4v) is 3.18. The highest BCUT2D eigenvalue weighted by Gasteiger charge is 2.18. The molecule has 1 saturated heterocycles. The molecular formula is C19H16ClFN6O2. The number of ether oxygens (including phenoxy) is 2. The minimum Gasteiger partial charge on any atom is -0.477 e. The van der Waals surface area contributed by atoms with Crippen molar-refractivity contribution < 1.29 is 13.9 Å². The number of benzene rings is 1. The number of fused-ring (bicyclic) bond motifs is 1. The van der Waals surface area contributed by atoms with Crippen LogP contribution in [0.15, 0.2) is 30.6 Å². The molecule has 29 heavy (non-hydrogen) atoms. The first-order valence-corrected chi connectivity index (χ1v) is 9.27. The van der Waals surface area contributed by atoms with Crippen molar-refractivity contribution in [2.45, 2.75) is 12.5 Å². The normalized spacial score (nSPS) is 15.8. The van der Waals surface area contributed by atoms with Gasteiger partial charge in [-0.15, -0.1) is 0 Å². The second kappa shape index (κ2) is 8.43. The van der Waals surface area contributed by atoms with Crippen LogP contribution < -0.4 is 20.1 Å². The van der Waals surface area contributed by atoms with E-state index in [0.29, 0.717) is 22.7 Å². The number of nitrogens with one attached hydrogen (secondary N) is 2. The van der Waals surface area contributed by atoms with Crippen molar-refractivity contribution in [3.8, 4) is 17.7 Å². The summed E-state index contributed by atoms with van der Waals surface area (Å²) in [5.74, 6) is 0.120. The van der Waals surface area contributed by atoms with Gasteiger partial charge in [0.2, 0.25) is 5.88 Å². The summed E-state index contributed by atoms with van der Waals surface area (Å²) in [6, 6.07) is 8.25. The average molecular weight is 415 g/mol. The molecule has 8 nitrogen and oxygen atoms in total. The van der Waals surface area contributed by atoms with Gasteiger partial charge in [0.05, 0.1) is 11.2 Å². The molecule has 148 valence electrons. The van der Waals surface area contributed by atoms with E-state index in [4.69, 9.17) is 26.3 Å². The van der Waals surface area contributed by atoms with Gasteiger partial charge in [0.1, 0.15) is 34.8 Å². The number of hydrogen-bond acceptors (Lipinski definition) is 8. The van der Waals surface area contributed by atoms with E-state index >= 15 is 0 Å². The molecule has 1 aromatic carbocycles. The lowest BCUT2D eigenvalue weighted by atomic mass is 10.2. The van der Waals surface area contributed by atoms with Crippen LogP contribution in [0.25, 0.3) is 11.0 Å². The Bertz CT molecular complexity index is 1080. The van der Waals surface area contributed by atoms with Crippen LogP contribution in [-0.4, -0.2) is 40.8 Å². The third-order valence-corrected chi connectivity index (χ3v) is 4.70. The molecule has 1 aliphatic heterocycles. The molecule has 0 unspecified atom stereocenters. The quantitative estimate of drug-likeness (QED) is 0.633. The molecule has 3 heterocycles. The van der Waals surface area contributed by atoms with E-state index in [-0.39, 0.29) is 29.2 Å². The summed E-state index contributed by atoms with van der Waals surface area (Å²) in [6.07, 6.45) is 2.32. The zero-order valence-corrected chi connectivity index (χ0v) is 15.9. The van der Waals surface area contributed by atoms with Gasteiger partial charge >= 0.3 is 0 Å². The molecule has 0 spiro atoms. The summed E-state index contributed by atoms with van der Waals surface area (Å²) in [4.78, 5) is 12.9. The van der Waals surface area contributed by atoms with Crippen LogP contribution in [0.5, 0.6) is 11.6 Å². The van der Waals surface area contributed by atoms with Gasteiger partial charge in [-0.2, -0.15) is 5.26 Å². The number of rotatable bonds is 6. The number of halogens is 2. The molecule has 1 aliphatic rings. The summed E-state index contributed by atoms with van der Waals surface area (Å²) in [5.41, 5.74) is 1.11. The Hall–Kier alpha value is -3.22. The second-order valence-electron chi connectivity index (χ2n) is 6.28. The zero-order valence-electron chi connectivity index (χ0n) is 15.2. The minimum absolute atomic E-state index is 0.0539. The Morgan fingerprint density at radius 2 is 2.21 bits per heavy atom. The van der Waals surface area contributed by atoms with E-state index in [2.05, 4.69) is 25.6 Å². The molecule has 2 N–H and O–H groups in total. The Morgan fingerprint density at radius 3 is 3.00 bits per heavy atom. The summed E-state index contributed by atoms with van der Waals surface area (Å²) >= 11 is 6.02. The van der Waals surface area contributed by atoms with Crippen LogP contribution in [0.1, 0.15) is 6.42 Å². The van der Waals surface area contributed by atoms with Crippen molar-refractivity contribution in [2.24, 2.45) is 0 Å². The number of hydrogen-bond donors (Lipinski definition) is 2. The van der Waals surface area contributed by atoms with Crippen molar-refractivity contribution in [3.63, 3.8) is 0 Å². The van der Waals surface area contributed by atoms with E-state index < -0.39 is 5.82 Å². The molecular weight excluding hydrogens is 399 g/mol. The smallest absolute Gasteiger partial charge is 0.214 e. The SMILES string of the molecule is N#CCOc1ccc(Nc2ncnc3ccc(O[C@H]4CCNC4)nc23)c(F)c1Cl. The van der Waals surface area contributed by atoms with E-state index in [1.54, 1.807) is 12.1 Å². The minimum atomic E-state index is -0.724. The third-order valence-electron chi connectivity index (χ3n) is 4.35. The number of anilines is 2. The molecule has 0 amide bonds. The van der Waals surface area contributed by atoms with Crippen LogP contribution in [-0.2, 0) is 0 Å². The van der Waals surface area contributed by atoms with Gasteiger partial charge in [-0.3, -0.25) is 0 Å². The highest BCUT2D eigenvalue weighted by Crippen LogP contribution is 2.34. The van der Waals surface area contributed by atoms with Gasteiger partial charge in [0.25, 0.3) is 0 Å². The summed E-state index contributed by atoms with van der Waals surface area (Å²) in [6.45, 7) is 1.44. The Balaban J connectivity index is 1.63. The maximum atomic E-state index is 14.7. The first-order chi connectivity index (χ1) is 14.2. The maximum absolute atomic E-state index is 14.7. The monoisotopic (exact) mass is 414 g/mol. The predicted octanol–water partition coefficient (Wildman–Crippen LogP) is 3.20. The molecule has 0 saturated carbocycles. The lowest BCUT2D eigenvalue weighted by Gasteiger charge is -2.14. The van der Waals surface area contributed by atoms with Gasteiger partial charge < -0.3 is 20.1 Å². The fraction of sp³-hybridized carbons (Fsp3) is 0.263. The Morgan fingerprint density at radius 1 is 1.31 bits per heavy atom. The topological polar surface area (TPSA) is 105 Å². The van der Waals surface area contributed by atoms with E-state index in [1.165, 1.54) is 18.5 Å². The van der Waals surface area contributed by atoms with Crippen molar-refractivity contribution in [2.75, 3.05) is 25.0 Å². The van der Waals surface area contributed by atoms with E-state index in [9.17, 15) is 4.39 Å². The van der Waals surface area contributed by atoms with Gasteiger partial charge in [-0.1, -0.05) is 11.6 Å². The number of nitrogens with zero attached hydrogens (tertiary/aromatic N) is 4. The molecule has 1 atom stereocenters. The van der Waals surface area contributed by atoms with Crippen LogP contribution in [0.4, 0.5) is 15.9 Å². The van der Waals surface area contributed by atoms with Crippen molar-refractivity contribution in [1.82, 2.24) is 20.3 Å². The van der Waals surface area contributed by atoms with E-state index in [0.717, 1.165) is 19.5 Å². The maximum Gasteiger partial charge on any atom is 0.214 e. The first-order valence-electron chi connectivity index (χ1n) is 8.89. The predicted molar refractivity (Wildman–Crippen MR) is 105 cm³/mol. The summed E-state index contributed by atoms with van der Waals surface area (Å²) in [7, 11) is 0. The van der Waals surface area contributed by atoms with Gasteiger partial charge in [-0.25, -0.2) is 19.3 Å². The highest BCUT2D eigenvalue weighted by molar-refractivity contribution is 6.32. The molecule has 0 radical (unpaired) electrons. The third kappa shape index (κ3) is 4.13. The van der Waals surface area contributed by atoms with Gasteiger partial charge in [0.15, 0.2) is 18.2 Å². The largest absolute Gasteiger partial charge is 0.477 e. The second-order valence-corrected chi connectivity index (χ2v) is 6.66.